The van der Waals surface area contributed by atoms with Crippen LogP contribution in [0.25, 0.3) is 0 Å². The summed E-state index contributed by atoms with van der Waals surface area (Å²) in [5.41, 5.74) is 0.936. The summed E-state index contributed by atoms with van der Waals surface area (Å²) in [6.07, 6.45) is 1.08. The highest BCUT2D eigenvalue weighted by molar-refractivity contribution is 5.95. The maximum absolute atomic E-state index is 7.81. The van der Waals surface area contributed by atoms with Crippen molar-refractivity contribution in [3.8, 4) is 0 Å². The summed E-state index contributed by atoms with van der Waals surface area (Å²) in [4.78, 5) is 1.79. The van der Waals surface area contributed by atoms with Gasteiger partial charge in [0.2, 0.25) is 0 Å². The van der Waals surface area contributed by atoms with Crippen molar-refractivity contribution in [2.75, 3.05) is 27.7 Å². The van der Waals surface area contributed by atoms with Crippen molar-refractivity contribution in [1.82, 2.24) is 15.5 Å². The van der Waals surface area contributed by atoms with Crippen molar-refractivity contribution < 1.29 is 0 Å². The highest BCUT2D eigenvalue weighted by Gasteiger charge is 2.07. The first-order valence-electron chi connectivity index (χ1n) is 4.93. The van der Waals surface area contributed by atoms with Crippen molar-refractivity contribution in [1.29, 1.82) is 5.41 Å². The third-order valence-electron chi connectivity index (χ3n) is 1.98. The predicted molar refractivity (Wildman–Crippen MR) is 61.5 cm³/mol. The van der Waals surface area contributed by atoms with Gasteiger partial charge < -0.3 is 15.5 Å². The molecule has 0 fully saturated rings. The van der Waals surface area contributed by atoms with Crippen molar-refractivity contribution in [3.63, 3.8) is 0 Å². The second kappa shape index (κ2) is 6.29. The molecule has 0 aromatic rings. The molecule has 0 heterocycles. The Morgan fingerprint density at radius 2 is 1.93 bits per heavy atom. The van der Waals surface area contributed by atoms with Crippen LogP contribution >= 0.6 is 0 Å². The molecule has 0 aliphatic carbocycles. The Balaban J connectivity index is 4.56. The average molecular weight is 198 g/mol. The summed E-state index contributed by atoms with van der Waals surface area (Å²) in [7, 11) is 5.61. The van der Waals surface area contributed by atoms with E-state index in [1.54, 1.807) is 4.90 Å². The number of rotatable bonds is 5. The van der Waals surface area contributed by atoms with Gasteiger partial charge in [0, 0.05) is 33.3 Å². The predicted octanol–water partition coefficient (Wildman–Crippen LogP) is 0.976. The molecule has 0 aromatic heterocycles. The van der Waals surface area contributed by atoms with Crippen LogP contribution in [-0.2, 0) is 0 Å². The van der Waals surface area contributed by atoms with Crippen LogP contribution in [0.2, 0.25) is 0 Å². The summed E-state index contributed by atoms with van der Waals surface area (Å²) in [6, 6.07) is 0. The van der Waals surface area contributed by atoms with Crippen molar-refractivity contribution in [3.05, 3.63) is 11.4 Å². The van der Waals surface area contributed by atoms with Gasteiger partial charge in [0.15, 0.2) is 0 Å². The highest BCUT2D eigenvalue weighted by Crippen LogP contribution is 2.01. The first kappa shape index (κ1) is 12.8. The number of hydrogen-bond donors (Lipinski definition) is 3. The molecule has 0 aliphatic heterocycles. The lowest BCUT2D eigenvalue weighted by Crippen LogP contribution is -2.31. The van der Waals surface area contributed by atoms with Crippen LogP contribution in [0.4, 0.5) is 0 Å². The van der Waals surface area contributed by atoms with Gasteiger partial charge in [-0.3, -0.25) is 5.41 Å². The van der Waals surface area contributed by atoms with E-state index in [0.717, 1.165) is 24.4 Å². The van der Waals surface area contributed by atoms with Crippen LogP contribution in [-0.4, -0.2) is 38.4 Å². The second-order valence-electron chi connectivity index (χ2n) is 3.42. The summed E-state index contributed by atoms with van der Waals surface area (Å²) >= 11 is 0. The fourth-order valence-electron chi connectivity index (χ4n) is 1.11. The molecule has 0 saturated heterocycles. The molecule has 0 atom stereocenters. The Bertz CT molecular complexity index is 218. The molecule has 0 amide bonds. The minimum atomic E-state index is 0.526. The van der Waals surface area contributed by atoms with E-state index in [0.29, 0.717) is 5.84 Å². The van der Waals surface area contributed by atoms with Gasteiger partial charge in [0.1, 0.15) is 11.7 Å². The van der Waals surface area contributed by atoms with Crippen molar-refractivity contribution in [2.45, 2.75) is 20.3 Å². The van der Waals surface area contributed by atoms with Crippen LogP contribution in [0.5, 0.6) is 0 Å². The molecule has 0 bridgehead atoms. The van der Waals surface area contributed by atoms with Gasteiger partial charge in [-0.1, -0.05) is 6.92 Å². The van der Waals surface area contributed by atoms with Gasteiger partial charge in [-0.25, -0.2) is 0 Å². The van der Waals surface area contributed by atoms with Crippen LogP contribution < -0.4 is 10.6 Å². The molecule has 0 rings (SSSR count). The molecule has 0 radical (unpaired) electrons. The topological polar surface area (TPSA) is 51.1 Å². The van der Waals surface area contributed by atoms with E-state index < -0.39 is 0 Å². The van der Waals surface area contributed by atoms with Crippen molar-refractivity contribution >= 4 is 5.84 Å². The Labute approximate surface area is 86.9 Å². The third-order valence-corrected chi connectivity index (χ3v) is 1.98. The summed E-state index contributed by atoms with van der Waals surface area (Å²) in [5.74, 6) is 1.46. The van der Waals surface area contributed by atoms with E-state index in [9.17, 15) is 0 Å². The number of hydrogen-bond acceptors (Lipinski definition) is 3. The summed E-state index contributed by atoms with van der Waals surface area (Å²) < 4.78 is 0. The smallest absolute Gasteiger partial charge is 0.126 e. The Morgan fingerprint density at radius 1 is 1.36 bits per heavy atom. The quantitative estimate of drug-likeness (QED) is 0.456. The lowest BCUT2D eigenvalue weighted by molar-refractivity contribution is 0.611. The molecule has 0 aromatic carbocycles. The zero-order valence-corrected chi connectivity index (χ0v) is 9.86. The molecule has 4 nitrogen and oxygen atoms in total. The largest absolute Gasteiger partial charge is 0.375 e. The maximum Gasteiger partial charge on any atom is 0.126 e. The van der Waals surface area contributed by atoms with E-state index in [1.165, 1.54) is 0 Å². The number of likely N-dealkylation sites (N-methyl/N-ethyl adjacent to an activating group) is 1. The molecule has 0 aliphatic rings. The van der Waals surface area contributed by atoms with Gasteiger partial charge >= 0.3 is 0 Å². The van der Waals surface area contributed by atoms with Crippen LogP contribution in [0, 0.1) is 5.41 Å². The van der Waals surface area contributed by atoms with Gasteiger partial charge in [0.25, 0.3) is 0 Å². The van der Waals surface area contributed by atoms with E-state index >= 15 is 0 Å². The Kier molecular flexibility index (Phi) is 5.76. The zero-order chi connectivity index (χ0) is 11.1. The van der Waals surface area contributed by atoms with Gasteiger partial charge in [0.05, 0.1) is 0 Å². The first-order chi connectivity index (χ1) is 6.54. The minimum Gasteiger partial charge on any atom is -0.375 e. The second-order valence-corrected chi connectivity index (χ2v) is 3.42. The lowest BCUT2D eigenvalue weighted by Gasteiger charge is -2.18. The average Bonchev–Trinajstić information content (AvgIpc) is 2.17. The van der Waals surface area contributed by atoms with Gasteiger partial charge in [-0.15, -0.1) is 0 Å². The molecule has 0 saturated carbocycles. The molecular formula is C10H22N4. The normalized spacial score (nSPS) is 11.8. The lowest BCUT2D eigenvalue weighted by atomic mass is 10.2. The van der Waals surface area contributed by atoms with Crippen molar-refractivity contribution in [2.24, 2.45) is 0 Å². The van der Waals surface area contributed by atoms with Crippen LogP contribution in [0.1, 0.15) is 20.3 Å². The van der Waals surface area contributed by atoms with Gasteiger partial charge in [-0.2, -0.15) is 0 Å². The monoisotopic (exact) mass is 198 g/mol. The standard InChI is InChI=1S/C10H22N4/c1-6-7-13-10(12-3)8(2)9(11)14(4)5/h11-13H,6-7H2,1-5H3. The maximum atomic E-state index is 7.81. The number of nitrogens with one attached hydrogen (secondary N) is 3. The molecule has 3 N–H and O–H groups in total. The summed E-state index contributed by atoms with van der Waals surface area (Å²) in [5, 5.41) is 14.1. The fourth-order valence-corrected chi connectivity index (χ4v) is 1.11. The minimum absolute atomic E-state index is 0.526. The zero-order valence-electron chi connectivity index (χ0n) is 9.86. The summed E-state index contributed by atoms with van der Waals surface area (Å²) in [6.45, 7) is 4.98. The molecule has 14 heavy (non-hydrogen) atoms. The first-order valence-corrected chi connectivity index (χ1v) is 4.93. The number of nitrogens with zero attached hydrogens (tertiary/aromatic N) is 1. The SMILES string of the molecule is CCCNC(NC)=C(C)C(=N)N(C)C. The molecule has 0 unspecified atom stereocenters. The van der Waals surface area contributed by atoms with E-state index in [1.807, 2.05) is 28.1 Å². The molecule has 0 spiro atoms. The van der Waals surface area contributed by atoms with E-state index in [2.05, 4.69) is 17.6 Å². The third kappa shape index (κ3) is 3.68. The molecule has 4 heteroatoms. The number of amidine groups is 1. The Hall–Kier alpha value is -1.19. The van der Waals surface area contributed by atoms with E-state index in [-0.39, 0.29) is 0 Å². The van der Waals surface area contributed by atoms with Crippen LogP contribution in [0.15, 0.2) is 11.4 Å². The fraction of sp³-hybridized carbons (Fsp3) is 0.700. The Morgan fingerprint density at radius 3 is 2.29 bits per heavy atom. The van der Waals surface area contributed by atoms with Crippen LogP contribution in [0.3, 0.4) is 0 Å². The molecule has 82 valence electrons. The van der Waals surface area contributed by atoms with Gasteiger partial charge in [-0.05, 0) is 13.3 Å². The van der Waals surface area contributed by atoms with E-state index in [4.69, 9.17) is 5.41 Å². The molecular weight excluding hydrogens is 176 g/mol. The highest BCUT2D eigenvalue weighted by atomic mass is 15.1.